The number of anilines is 1. The molecule has 0 radical (unpaired) electrons. The third kappa shape index (κ3) is 5.05. The highest BCUT2D eigenvalue weighted by Crippen LogP contribution is 2.13. The van der Waals surface area contributed by atoms with Crippen LogP contribution in [0.25, 0.3) is 0 Å². The second-order valence-electron chi connectivity index (χ2n) is 5.40. The van der Waals surface area contributed by atoms with Crippen LogP contribution in [-0.2, 0) is 11.3 Å². The van der Waals surface area contributed by atoms with Gasteiger partial charge in [0, 0.05) is 25.3 Å². The first-order valence-corrected chi connectivity index (χ1v) is 7.90. The molecule has 0 aromatic heterocycles. The van der Waals surface area contributed by atoms with Crippen molar-refractivity contribution in [1.82, 2.24) is 9.80 Å². The molecule has 1 atom stereocenters. The minimum absolute atomic E-state index is 0.0950. The highest BCUT2D eigenvalue weighted by atomic mass is 16.2. The van der Waals surface area contributed by atoms with Crippen LogP contribution in [-0.4, -0.2) is 41.4 Å². The van der Waals surface area contributed by atoms with Crippen LogP contribution in [0.3, 0.4) is 0 Å². The standard InChI is InChI=1S/C17H29N3O/c1-5-12-20(13-15-8-10-16(18)11-9-15)14(4)17(21)19(6-2)7-3/h8-11,14H,5-7,12-13,18H2,1-4H3. The highest BCUT2D eigenvalue weighted by molar-refractivity contribution is 5.81. The zero-order valence-electron chi connectivity index (χ0n) is 13.8. The number of benzene rings is 1. The Morgan fingerprint density at radius 1 is 1.14 bits per heavy atom. The van der Waals surface area contributed by atoms with E-state index in [-0.39, 0.29) is 11.9 Å². The number of nitrogens with two attached hydrogens (primary N) is 1. The maximum Gasteiger partial charge on any atom is 0.239 e. The van der Waals surface area contributed by atoms with Crippen molar-refractivity contribution in [3.63, 3.8) is 0 Å². The van der Waals surface area contributed by atoms with Crippen LogP contribution < -0.4 is 5.73 Å². The summed E-state index contributed by atoms with van der Waals surface area (Å²) < 4.78 is 0. The van der Waals surface area contributed by atoms with Gasteiger partial charge in [-0.15, -0.1) is 0 Å². The lowest BCUT2D eigenvalue weighted by Crippen LogP contribution is -2.47. The van der Waals surface area contributed by atoms with Gasteiger partial charge in [0.2, 0.25) is 5.91 Å². The summed E-state index contributed by atoms with van der Waals surface area (Å²) in [6, 6.07) is 7.80. The Kier molecular flexibility index (Phi) is 7.23. The number of hydrogen-bond donors (Lipinski definition) is 1. The van der Waals surface area contributed by atoms with Gasteiger partial charge in [-0.3, -0.25) is 9.69 Å². The monoisotopic (exact) mass is 291 g/mol. The van der Waals surface area contributed by atoms with Crippen LogP contribution in [0.15, 0.2) is 24.3 Å². The molecule has 1 rings (SSSR count). The number of carbonyl (C=O) groups is 1. The fraction of sp³-hybridized carbons (Fsp3) is 0.588. The lowest BCUT2D eigenvalue weighted by Gasteiger charge is -2.31. The molecule has 0 fully saturated rings. The van der Waals surface area contributed by atoms with Gasteiger partial charge in [0.1, 0.15) is 0 Å². The second kappa shape index (κ2) is 8.67. The Balaban J connectivity index is 2.79. The lowest BCUT2D eigenvalue weighted by molar-refractivity contribution is -0.136. The zero-order chi connectivity index (χ0) is 15.8. The lowest BCUT2D eigenvalue weighted by atomic mass is 10.1. The van der Waals surface area contributed by atoms with E-state index >= 15 is 0 Å². The van der Waals surface area contributed by atoms with Crippen LogP contribution in [0.2, 0.25) is 0 Å². The third-order valence-electron chi connectivity index (χ3n) is 3.86. The quantitative estimate of drug-likeness (QED) is 0.749. The van der Waals surface area contributed by atoms with E-state index in [2.05, 4.69) is 11.8 Å². The van der Waals surface area contributed by atoms with Gasteiger partial charge in [-0.05, 0) is 51.4 Å². The molecule has 1 aromatic rings. The van der Waals surface area contributed by atoms with Crippen molar-refractivity contribution in [2.24, 2.45) is 0 Å². The SMILES string of the molecule is CCCN(Cc1ccc(N)cc1)C(C)C(=O)N(CC)CC. The van der Waals surface area contributed by atoms with Crippen LogP contribution in [0.1, 0.15) is 39.7 Å². The largest absolute Gasteiger partial charge is 0.399 e. The van der Waals surface area contributed by atoms with Gasteiger partial charge in [0.05, 0.1) is 6.04 Å². The molecule has 0 aliphatic heterocycles. The van der Waals surface area contributed by atoms with E-state index in [0.29, 0.717) is 0 Å². The van der Waals surface area contributed by atoms with E-state index < -0.39 is 0 Å². The van der Waals surface area contributed by atoms with Crippen molar-refractivity contribution >= 4 is 11.6 Å². The average Bonchev–Trinajstić information content (AvgIpc) is 2.49. The molecule has 0 aliphatic carbocycles. The molecule has 4 nitrogen and oxygen atoms in total. The van der Waals surface area contributed by atoms with Crippen LogP contribution >= 0.6 is 0 Å². The summed E-state index contributed by atoms with van der Waals surface area (Å²) >= 11 is 0. The van der Waals surface area contributed by atoms with E-state index in [9.17, 15) is 4.79 Å². The number of rotatable bonds is 8. The molecule has 118 valence electrons. The maximum atomic E-state index is 12.5. The Labute approximate surface area is 128 Å². The predicted molar refractivity (Wildman–Crippen MR) is 88.9 cm³/mol. The van der Waals surface area contributed by atoms with E-state index in [0.717, 1.165) is 38.3 Å². The predicted octanol–water partition coefficient (Wildman–Crippen LogP) is 2.74. The van der Waals surface area contributed by atoms with Gasteiger partial charge in [-0.1, -0.05) is 19.1 Å². The van der Waals surface area contributed by atoms with Gasteiger partial charge in [-0.2, -0.15) is 0 Å². The fourth-order valence-corrected chi connectivity index (χ4v) is 2.51. The first-order valence-electron chi connectivity index (χ1n) is 7.90. The topological polar surface area (TPSA) is 49.6 Å². The second-order valence-corrected chi connectivity index (χ2v) is 5.40. The number of amides is 1. The van der Waals surface area contributed by atoms with Crippen LogP contribution in [0, 0.1) is 0 Å². The molecular weight excluding hydrogens is 262 g/mol. The van der Waals surface area contributed by atoms with Crippen molar-refractivity contribution in [3.8, 4) is 0 Å². The summed E-state index contributed by atoms with van der Waals surface area (Å²) in [6.45, 7) is 11.4. The first-order chi connectivity index (χ1) is 10.0. The number of likely N-dealkylation sites (N-methyl/N-ethyl adjacent to an activating group) is 1. The maximum absolute atomic E-state index is 12.5. The molecule has 1 unspecified atom stereocenters. The van der Waals surface area contributed by atoms with E-state index in [1.165, 1.54) is 5.56 Å². The molecule has 0 heterocycles. The normalized spacial score (nSPS) is 12.4. The summed E-state index contributed by atoms with van der Waals surface area (Å²) in [4.78, 5) is 16.7. The molecule has 4 heteroatoms. The fourth-order valence-electron chi connectivity index (χ4n) is 2.51. The molecular formula is C17H29N3O. The summed E-state index contributed by atoms with van der Waals surface area (Å²) in [6.07, 6.45) is 1.03. The Morgan fingerprint density at radius 2 is 1.71 bits per heavy atom. The molecule has 1 amide bonds. The molecule has 0 saturated heterocycles. The van der Waals surface area contributed by atoms with Gasteiger partial charge in [0.15, 0.2) is 0 Å². The van der Waals surface area contributed by atoms with Crippen molar-refractivity contribution < 1.29 is 4.79 Å². The summed E-state index contributed by atoms with van der Waals surface area (Å²) in [7, 11) is 0. The molecule has 0 aliphatic rings. The van der Waals surface area contributed by atoms with Crippen molar-refractivity contribution in [3.05, 3.63) is 29.8 Å². The average molecular weight is 291 g/mol. The minimum Gasteiger partial charge on any atom is -0.399 e. The molecule has 2 N–H and O–H groups in total. The molecule has 0 bridgehead atoms. The van der Waals surface area contributed by atoms with Gasteiger partial charge in [0.25, 0.3) is 0 Å². The van der Waals surface area contributed by atoms with Crippen molar-refractivity contribution in [2.75, 3.05) is 25.4 Å². The van der Waals surface area contributed by atoms with Crippen LogP contribution in [0.4, 0.5) is 5.69 Å². The van der Waals surface area contributed by atoms with Gasteiger partial charge < -0.3 is 10.6 Å². The van der Waals surface area contributed by atoms with E-state index in [1.807, 2.05) is 49.9 Å². The first kappa shape index (κ1) is 17.5. The molecule has 1 aromatic carbocycles. The van der Waals surface area contributed by atoms with Crippen molar-refractivity contribution in [2.45, 2.75) is 46.7 Å². The summed E-state index contributed by atoms with van der Waals surface area (Å²) in [5.41, 5.74) is 7.69. The number of hydrogen-bond acceptors (Lipinski definition) is 3. The highest BCUT2D eigenvalue weighted by Gasteiger charge is 2.24. The Bertz CT molecular complexity index is 426. The Hall–Kier alpha value is -1.55. The van der Waals surface area contributed by atoms with Gasteiger partial charge in [-0.25, -0.2) is 0 Å². The minimum atomic E-state index is -0.0950. The number of carbonyl (C=O) groups excluding carboxylic acids is 1. The van der Waals surface area contributed by atoms with E-state index in [4.69, 9.17) is 5.73 Å². The Morgan fingerprint density at radius 3 is 2.19 bits per heavy atom. The molecule has 0 spiro atoms. The summed E-state index contributed by atoms with van der Waals surface area (Å²) in [5, 5.41) is 0. The third-order valence-corrected chi connectivity index (χ3v) is 3.86. The number of nitrogen functional groups attached to an aromatic ring is 1. The van der Waals surface area contributed by atoms with Crippen molar-refractivity contribution in [1.29, 1.82) is 0 Å². The van der Waals surface area contributed by atoms with Crippen LogP contribution in [0.5, 0.6) is 0 Å². The molecule has 0 saturated carbocycles. The smallest absolute Gasteiger partial charge is 0.239 e. The number of nitrogens with zero attached hydrogens (tertiary/aromatic N) is 2. The summed E-state index contributed by atoms with van der Waals surface area (Å²) in [5.74, 6) is 0.212. The van der Waals surface area contributed by atoms with Gasteiger partial charge >= 0.3 is 0 Å². The molecule has 21 heavy (non-hydrogen) atoms. The van der Waals surface area contributed by atoms with E-state index in [1.54, 1.807) is 0 Å². The zero-order valence-corrected chi connectivity index (χ0v) is 13.8.